The minimum atomic E-state index is -0.598. The lowest BCUT2D eigenvalue weighted by Crippen LogP contribution is -2.42. The van der Waals surface area contributed by atoms with E-state index in [-0.39, 0.29) is 36.5 Å². The van der Waals surface area contributed by atoms with Crippen molar-refractivity contribution in [3.63, 3.8) is 0 Å². The molecule has 33 heavy (non-hydrogen) atoms. The van der Waals surface area contributed by atoms with Crippen LogP contribution in [0.5, 0.6) is 0 Å². The molecular formula is C23H30N4O6. The van der Waals surface area contributed by atoms with Crippen molar-refractivity contribution in [3.8, 4) is 0 Å². The second-order valence-corrected chi connectivity index (χ2v) is 8.57. The number of hydrazine groups is 1. The third-order valence-electron chi connectivity index (χ3n) is 4.49. The van der Waals surface area contributed by atoms with Crippen LogP contribution in [0.25, 0.3) is 0 Å². The zero-order chi connectivity index (χ0) is 24.4. The highest BCUT2D eigenvalue weighted by Gasteiger charge is 2.22. The van der Waals surface area contributed by atoms with Crippen LogP contribution in [0.1, 0.15) is 52.0 Å². The first-order valence-corrected chi connectivity index (χ1v) is 10.7. The molecule has 0 bridgehead atoms. The Labute approximate surface area is 192 Å². The molecule has 10 heteroatoms. The van der Waals surface area contributed by atoms with Gasteiger partial charge in [0, 0.05) is 30.8 Å². The Morgan fingerprint density at radius 3 is 2.09 bits per heavy atom. The van der Waals surface area contributed by atoms with Crippen LogP contribution in [0.2, 0.25) is 0 Å². The van der Waals surface area contributed by atoms with E-state index in [1.807, 2.05) is 0 Å². The summed E-state index contributed by atoms with van der Waals surface area (Å²) < 4.78 is 5.18. The van der Waals surface area contributed by atoms with Gasteiger partial charge in [-0.3, -0.25) is 40.2 Å². The van der Waals surface area contributed by atoms with Crippen molar-refractivity contribution in [1.29, 1.82) is 0 Å². The molecule has 1 aliphatic heterocycles. The van der Waals surface area contributed by atoms with Crippen molar-refractivity contribution < 1.29 is 28.7 Å². The Morgan fingerprint density at radius 1 is 0.879 bits per heavy atom. The number of ether oxygens (including phenoxy) is 1. The van der Waals surface area contributed by atoms with Crippen LogP contribution in [-0.4, -0.2) is 46.8 Å². The molecule has 178 valence electrons. The number of nitrogens with one attached hydrogen (secondary N) is 3. The summed E-state index contributed by atoms with van der Waals surface area (Å²) in [6, 6.07) is 6.70. The predicted octanol–water partition coefficient (Wildman–Crippen LogP) is 2.21. The average Bonchev–Trinajstić information content (AvgIpc) is 3.04. The number of benzene rings is 1. The molecule has 0 atom stereocenters. The van der Waals surface area contributed by atoms with Crippen LogP contribution in [0.4, 0.5) is 10.5 Å². The summed E-state index contributed by atoms with van der Waals surface area (Å²) in [5.41, 5.74) is 5.38. The fourth-order valence-corrected chi connectivity index (χ4v) is 2.94. The molecule has 0 spiro atoms. The van der Waals surface area contributed by atoms with Gasteiger partial charge in [0.25, 0.3) is 11.8 Å². The van der Waals surface area contributed by atoms with Gasteiger partial charge in [-0.05, 0) is 51.3 Å². The number of hydrogen-bond acceptors (Lipinski definition) is 6. The van der Waals surface area contributed by atoms with Gasteiger partial charge in [0.15, 0.2) is 0 Å². The summed E-state index contributed by atoms with van der Waals surface area (Å²) in [5.74, 6) is -1.33. The molecule has 3 N–H and O–H groups in total. The van der Waals surface area contributed by atoms with Gasteiger partial charge in [-0.25, -0.2) is 4.79 Å². The van der Waals surface area contributed by atoms with Crippen LogP contribution >= 0.6 is 0 Å². The first-order chi connectivity index (χ1) is 15.5. The lowest BCUT2D eigenvalue weighted by molar-refractivity contribution is -0.137. The maximum absolute atomic E-state index is 12.0. The van der Waals surface area contributed by atoms with Gasteiger partial charge in [-0.15, -0.1) is 0 Å². The highest BCUT2D eigenvalue weighted by molar-refractivity contribution is 6.12. The molecule has 1 heterocycles. The van der Waals surface area contributed by atoms with Crippen molar-refractivity contribution in [2.45, 2.75) is 58.5 Å². The largest absolute Gasteiger partial charge is 0.444 e. The first-order valence-electron chi connectivity index (χ1n) is 10.7. The van der Waals surface area contributed by atoms with Gasteiger partial charge in [0.2, 0.25) is 11.8 Å². The molecule has 1 aliphatic rings. The van der Waals surface area contributed by atoms with E-state index < -0.39 is 11.7 Å². The third kappa shape index (κ3) is 9.55. The molecule has 0 aromatic heterocycles. The molecule has 0 unspecified atom stereocenters. The molecular weight excluding hydrogens is 428 g/mol. The van der Waals surface area contributed by atoms with Gasteiger partial charge in [0.1, 0.15) is 5.60 Å². The van der Waals surface area contributed by atoms with E-state index in [0.717, 1.165) is 0 Å². The normalized spacial score (nSPS) is 13.1. The molecule has 0 saturated heterocycles. The second kappa shape index (κ2) is 11.8. The van der Waals surface area contributed by atoms with Crippen LogP contribution in [0.3, 0.4) is 0 Å². The zero-order valence-electron chi connectivity index (χ0n) is 19.1. The van der Waals surface area contributed by atoms with E-state index in [1.54, 1.807) is 45.0 Å². The maximum atomic E-state index is 12.0. The molecule has 2 rings (SSSR count). The second-order valence-electron chi connectivity index (χ2n) is 8.57. The fraction of sp³-hybridized carbons (Fsp3) is 0.435. The van der Waals surface area contributed by atoms with Gasteiger partial charge >= 0.3 is 6.09 Å². The first kappa shape index (κ1) is 25.6. The molecule has 5 amide bonds. The fourth-order valence-electron chi connectivity index (χ4n) is 2.94. The summed E-state index contributed by atoms with van der Waals surface area (Å²) in [6.45, 7) is 5.64. The zero-order valence-corrected chi connectivity index (χ0v) is 19.1. The molecule has 1 aromatic carbocycles. The van der Waals surface area contributed by atoms with Crippen molar-refractivity contribution in [2.75, 3.05) is 11.9 Å². The topological polar surface area (TPSA) is 134 Å². The van der Waals surface area contributed by atoms with Gasteiger partial charge in [-0.1, -0.05) is 18.6 Å². The summed E-state index contributed by atoms with van der Waals surface area (Å²) in [7, 11) is 0. The number of nitrogens with zero attached hydrogens (tertiary/aromatic N) is 1. The average molecular weight is 459 g/mol. The standard InChI is InChI=1S/C23H30N4O6/c1-23(2,3)33-22(32)24-17-10-8-16(9-11-17)15-19(29)26-25-18(28)7-5-4-6-14-27-20(30)12-13-21(27)31/h8-13H,4-7,14-15H2,1-3H3,(H,24,32)(H,25,28)(H,26,29). The van der Waals surface area contributed by atoms with E-state index in [4.69, 9.17) is 4.74 Å². The number of carbonyl (C=O) groups excluding carboxylic acids is 5. The van der Waals surface area contributed by atoms with Crippen LogP contribution in [0.15, 0.2) is 36.4 Å². The lowest BCUT2D eigenvalue weighted by Gasteiger charge is -2.19. The molecule has 0 aliphatic carbocycles. The van der Waals surface area contributed by atoms with Crippen LogP contribution in [-0.2, 0) is 30.3 Å². The Bertz CT molecular complexity index is 900. The summed E-state index contributed by atoms with van der Waals surface area (Å²) in [6.07, 6.45) is 4.04. The minimum Gasteiger partial charge on any atom is -0.444 e. The van der Waals surface area contributed by atoms with E-state index in [9.17, 15) is 24.0 Å². The van der Waals surface area contributed by atoms with Gasteiger partial charge < -0.3 is 4.74 Å². The molecule has 0 fully saturated rings. The predicted molar refractivity (Wildman–Crippen MR) is 121 cm³/mol. The van der Waals surface area contributed by atoms with E-state index in [1.165, 1.54) is 17.1 Å². The van der Waals surface area contributed by atoms with E-state index in [2.05, 4.69) is 16.2 Å². The summed E-state index contributed by atoms with van der Waals surface area (Å²) in [5, 5.41) is 2.61. The van der Waals surface area contributed by atoms with Crippen molar-refractivity contribution in [1.82, 2.24) is 15.8 Å². The molecule has 1 aromatic rings. The SMILES string of the molecule is CC(C)(C)OC(=O)Nc1ccc(CC(=O)NNC(=O)CCCCCN2C(=O)C=CC2=O)cc1. The third-order valence-corrected chi connectivity index (χ3v) is 4.49. The number of imide groups is 1. The number of carbonyl (C=O) groups is 5. The smallest absolute Gasteiger partial charge is 0.412 e. The number of rotatable bonds is 9. The Kier molecular flexibility index (Phi) is 9.14. The van der Waals surface area contributed by atoms with Crippen molar-refractivity contribution in [2.24, 2.45) is 0 Å². The summed E-state index contributed by atoms with van der Waals surface area (Å²) in [4.78, 5) is 59.7. The number of unbranched alkanes of at least 4 members (excludes halogenated alkanes) is 2. The Hall–Kier alpha value is -3.69. The molecule has 0 saturated carbocycles. The van der Waals surface area contributed by atoms with Crippen molar-refractivity contribution in [3.05, 3.63) is 42.0 Å². The monoisotopic (exact) mass is 458 g/mol. The van der Waals surface area contributed by atoms with Gasteiger partial charge in [0.05, 0.1) is 6.42 Å². The highest BCUT2D eigenvalue weighted by atomic mass is 16.6. The molecule has 0 radical (unpaired) electrons. The minimum absolute atomic E-state index is 0.0545. The lowest BCUT2D eigenvalue weighted by atomic mass is 10.1. The van der Waals surface area contributed by atoms with Gasteiger partial charge in [-0.2, -0.15) is 0 Å². The number of amides is 5. The van der Waals surface area contributed by atoms with E-state index in [0.29, 0.717) is 37.1 Å². The summed E-state index contributed by atoms with van der Waals surface area (Å²) >= 11 is 0. The van der Waals surface area contributed by atoms with Crippen LogP contribution in [0, 0.1) is 0 Å². The Morgan fingerprint density at radius 2 is 1.48 bits per heavy atom. The van der Waals surface area contributed by atoms with Crippen molar-refractivity contribution >= 4 is 35.4 Å². The number of anilines is 1. The quantitative estimate of drug-likeness (QED) is 0.295. The number of hydrogen-bond donors (Lipinski definition) is 3. The molecule has 10 nitrogen and oxygen atoms in total. The van der Waals surface area contributed by atoms with Crippen LogP contribution < -0.4 is 16.2 Å². The maximum Gasteiger partial charge on any atom is 0.412 e. The van der Waals surface area contributed by atoms with E-state index >= 15 is 0 Å². The Balaban J connectivity index is 1.60. The highest BCUT2D eigenvalue weighted by Crippen LogP contribution is 2.13.